The van der Waals surface area contributed by atoms with Crippen LogP contribution in [0.4, 0.5) is 4.79 Å². The second-order valence-corrected chi connectivity index (χ2v) is 5.69. The van der Waals surface area contributed by atoms with Crippen molar-refractivity contribution in [2.45, 2.75) is 47.5 Å². The van der Waals surface area contributed by atoms with Crippen molar-refractivity contribution in [1.29, 1.82) is 0 Å². The number of barbiturate groups is 1. The van der Waals surface area contributed by atoms with Crippen LogP contribution >= 0.6 is 0 Å². The van der Waals surface area contributed by atoms with Gasteiger partial charge in [0, 0.05) is 6.54 Å². The summed E-state index contributed by atoms with van der Waals surface area (Å²) in [6.07, 6.45) is 0.821. The molecule has 5 nitrogen and oxygen atoms in total. The maximum Gasteiger partial charge on any atom is 0.330 e. The molecule has 5 heteroatoms. The minimum atomic E-state index is -1.08. The van der Waals surface area contributed by atoms with E-state index >= 15 is 0 Å². The van der Waals surface area contributed by atoms with Gasteiger partial charge in [-0.25, -0.2) is 4.79 Å². The molecule has 0 aromatic heterocycles. The molecule has 0 radical (unpaired) electrons. The minimum absolute atomic E-state index is 0.203. The molecule has 0 aromatic carbocycles. The van der Waals surface area contributed by atoms with E-state index in [-0.39, 0.29) is 11.8 Å². The van der Waals surface area contributed by atoms with Crippen LogP contribution in [0.2, 0.25) is 0 Å². The summed E-state index contributed by atoms with van der Waals surface area (Å²) in [5.74, 6) is -0.232. The second-order valence-electron chi connectivity index (χ2n) is 5.69. The molecule has 0 spiro atoms. The summed E-state index contributed by atoms with van der Waals surface area (Å²) in [4.78, 5) is 37.6. The van der Waals surface area contributed by atoms with E-state index in [1.54, 1.807) is 13.8 Å². The molecule has 1 N–H and O–H groups in total. The maximum atomic E-state index is 12.5. The van der Waals surface area contributed by atoms with Gasteiger partial charge in [0.25, 0.3) is 0 Å². The Morgan fingerprint density at radius 3 is 2.05 bits per heavy atom. The van der Waals surface area contributed by atoms with Crippen molar-refractivity contribution in [1.82, 2.24) is 10.2 Å². The van der Waals surface area contributed by atoms with Gasteiger partial charge < -0.3 is 0 Å². The predicted molar refractivity (Wildman–Crippen MR) is 72.3 cm³/mol. The maximum absolute atomic E-state index is 12.5. The zero-order valence-electron chi connectivity index (χ0n) is 12.4. The zero-order chi connectivity index (χ0) is 14.8. The van der Waals surface area contributed by atoms with Crippen LogP contribution in [-0.4, -0.2) is 29.3 Å². The van der Waals surface area contributed by atoms with Crippen LogP contribution in [0, 0.1) is 17.3 Å². The number of amides is 4. The van der Waals surface area contributed by atoms with Crippen LogP contribution in [0.1, 0.15) is 47.5 Å². The molecule has 0 saturated carbocycles. The molecule has 1 rings (SSSR count). The molecule has 1 saturated heterocycles. The Morgan fingerprint density at radius 2 is 1.63 bits per heavy atom. The lowest BCUT2D eigenvalue weighted by molar-refractivity contribution is -0.152. The molecule has 0 aliphatic carbocycles. The van der Waals surface area contributed by atoms with Crippen LogP contribution in [-0.2, 0) is 9.59 Å². The molecule has 4 amide bonds. The third kappa shape index (κ3) is 2.65. The average Bonchev–Trinajstić information content (AvgIpc) is 2.35. The van der Waals surface area contributed by atoms with Crippen LogP contribution in [0.5, 0.6) is 0 Å². The molecular formula is C14H24N2O3. The number of nitrogens with zero attached hydrogens (tertiary/aromatic N) is 1. The van der Waals surface area contributed by atoms with Crippen molar-refractivity contribution in [2.24, 2.45) is 17.3 Å². The van der Waals surface area contributed by atoms with E-state index in [0.717, 1.165) is 0 Å². The van der Waals surface area contributed by atoms with Crippen LogP contribution in [0.15, 0.2) is 0 Å². The lowest BCUT2D eigenvalue weighted by atomic mass is 9.78. The summed E-state index contributed by atoms with van der Waals surface area (Å²) in [7, 11) is 0. The van der Waals surface area contributed by atoms with Crippen molar-refractivity contribution < 1.29 is 14.4 Å². The third-order valence-corrected chi connectivity index (χ3v) is 4.37. The van der Waals surface area contributed by atoms with E-state index in [1.165, 1.54) is 4.90 Å². The Balaban J connectivity index is 3.02. The number of nitrogens with one attached hydrogen (secondary N) is 1. The standard InChI is InChI=1S/C14H24N2O3/c1-6-14(7-2)11(17)15-13(19)16(12(14)18)8-10(5)9(3)4/h9-10H,6-8H2,1-5H3,(H,15,17,19). The number of imide groups is 2. The highest BCUT2D eigenvalue weighted by molar-refractivity contribution is 6.19. The first-order chi connectivity index (χ1) is 8.80. The molecule has 1 fully saturated rings. The van der Waals surface area contributed by atoms with Crippen LogP contribution < -0.4 is 5.32 Å². The van der Waals surface area contributed by atoms with Crippen molar-refractivity contribution in [3.63, 3.8) is 0 Å². The fourth-order valence-corrected chi connectivity index (χ4v) is 2.27. The highest BCUT2D eigenvalue weighted by atomic mass is 16.2. The highest BCUT2D eigenvalue weighted by Crippen LogP contribution is 2.33. The first-order valence-corrected chi connectivity index (χ1v) is 6.97. The van der Waals surface area contributed by atoms with Gasteiger partial charge >= 0.3 is 6.03 Å². The van der Waals surface area contributed by atoms with Gasteiger partial charge in [0.05, 0.1) is 0 Å². The number of rotatable bonds is 5. The van der Waals surface area contributed by atoms with E-state index in [0.29, 0.717) is 25.3 Å². The van der Waals surface area contributed by atoms with Gasteiger partial charge in [0.2, 0.25) is 11.8 Å². The van der Waals surface area contributed by atoms with Crippen LogP contribution in [0.25, 0.3) is 0 Å². The fourth-order valence-electron chi connectivity index (χ4n) is 2.27. The number of carbonyl (C=O) groups is 3. The lowest BCUT2D eigenvalue weighted by Crippen LogP contribution is -2.64. The molecule has 1 atom stereocenters. The topological polar surface area (TPSA) is 66.5 Å². The van der Waals surface area contributed by atoms with Gasteiger partial charge in [0.15, 0.2) is 0 Å². The van der Waals surface area contributed by atoms with Gasteiger partial charge in [-0.2, -0.15) is 0 Å². The Morgan fingerprint density at radius 1 is 1.11 bits per heavy atom. The predicted octanol–water partition coefficient (Wildman–Crippen LogP) is 2.16. The number of carbonyl (C=O) groups excluding carboxylic acids is 3. The molecule has 1 aliphatic rings. The smallest absolute Gasteiger partial charge is 0.277 e. The van der Waals surface area contributed by atoms with E-state index in [4.69, 9.17) is 0 Å². The Bertz CT molecular complexity index is 386. The molecule has 1 heterocycles. The Labute approximate surface area is 114 Å². The van der Waals surface area contributed by atoms with Crippen molar-refractivity contribution in [3.05, 3.63) is 0 Å². The first-order valence-electron chi connectivity index (χ1n) is 6.97. The zero-order valence-corrected chi connectivity index (χ0v) is 12.4. The van der Waals surface area contributed by atoms with E-state index in [1.807, 2.05) is 6.92 Å². The van der Waals surface area contributed by atoms with E-state index in [2.05, 4.69) is 19.2 Å². The normalized spacial score (nSPS) is 20.7. The summed E-state index contributed by atoms with van der Waals surface area (Å²) >= 11 is 0. The monoisotopic (exact) mass is 268 g/mol. The molecule has 19 heavy (non-hydrogen) atoms. The molecule has 1 unspecified atom stereocenters. The second kappa shape index (κ2) is 5.72. The quantitative estimate of drug-likeness (QED) is 0.777. The van der Waals surface area contributed by atoms with Gasteiger partial charge in [-0.3, -0.25) is 19.8 Å². The largest absolute Gasteiger partial charge is 0.330 e. The summed E-state index contributed by atoms with van der Waals surface area (Å²) in [5, 5.41) is 2.32. The van der Waals surface area contributed by atoms with E-state index < -0.39 is 17.4 Å². The van der Waals surface area contributed by atoms with Crippen molar-refractivity contribution in [3.8, 4) is 0 Å². The molecule has 108 valence electrons. The summed E-state index contributed by atoms with van der Waals surface area (Å²) in [5.41, 5.74) is -1.08. The third-order valence-electron chi connectivity index (χ3n) is 4.37. The lowest BCUT2D eigenvalue weighted by Gasteiger charge is -2.39. The van der Waals surface area contributed by atoms with E-state index in [9.17, 15) is 14.4 Å². The van der Waals surface area contributed by atoms with Crippen molar-refractivity contribution in [2.75, 3.05) is 6.54 Å². The van der Waals surface area contributed by atoms with Gasteiger partial charge in [-0.1, -0.05) is 34.6 Å². The molecule has 0 bridgehead atoms. The minimum Gasteiger partial charge on any atom is -0.277 e. The number of urea groups is 1. The summed E-state index contributed by atoms with van der Waals surface area (Å²) in [6.45, 7) is 10.1. The van der Waals surface area contributed by atoms with Crippen molar-refractivity contribution >= 4 is 17.8 Å². The van der Waals surface area contributed by atoms with Crippen LogP contribution in [0.3, 0.4) is 0 Å². The van der Waals surface area contributed by atoms with Gasteiger partial charge in [-0.05, 0) is 24.7 Å². The molecular weight excluding hydrogens is 244 g/mol. The summed E-state index contributed by atoms with van der Waals surface area (Å²) < 4.78 is 0. The molecule has 0 aromatic rings. The average molecular weight is 268 g/mol. The van der Waals surface area contributed by atoms with Gasteiger partial charge in [0.1, 0.15) is 5.41 Å². The fraction of sp³-hybridized carbons (Fsp3) is 0.786. The molecule has 1 aliphatic heterocycles. The SMILES string of the molecule is CCC1(CC)C(=O)NC(=O)N(CC(C)C(C)C)C1=O. The van der Waals surface area contributed by atoms with Gasteiger partial charge in [-0.15, -0.1) is 0 Å². The Hall–Kier alpha value is -1.39. The number of hydrogen-bond acceptors (Lipinski definition) is 3. The first kappa shape index (κ1) is 15.7. The highest BCUT2D eigenvalue weighted by Gasteiger charge is 2.51. The Kier molecular flexibility index (Phi) is 4.71. The summed E-state index contributed by atoms with van der Waals surface area (Å²) in [6, 6.07) is -0.583. The number of hydrogen-bond donors (Lipinski definition) is 1.